The van der Waals surface area contributed by atoms with Gasteiger partial charge in [-0.2, -0.15) is 0 Å². The van der Waals surface area contributed by atoms with Crippen LogP contribution in [-0.2, 0) is 9.84 Å². The van der Waals surface area contributed by atoms with Crippen molar-refractivity contribution in [1.29, 1.82) is 0 Å². The molecule has 0 saturated carbocycles. The zero-order valence-electron chi connectivity index (χ0n) is 12.3. The fourth-order valence-electron chi connectivity index (χ4n) is 2.23. The van der Waals surface area contributed by atoms with Crippen LogP contribution in [0.4, 0.5) is 14.7 Å². The molecule has 1 N–H and O–H groups in total. The van der Waals surface area contributed by atoms with Crippen LogP contribution in [-0.4, -0.2) is 24.6 Å². The Kier molecular flexibility index (Phi) is 3.52. The Balaban J connectivity index is 1.70. The van der Waals surface area contributed by atoms with E-state index in [-0.39, 0.29) is 10.7 Å². The molecule has 4 aromatic rings. The summed E-state index contributed by atoms with van der Waals surface area (Å²) in [4.78, 5) is 9.02. The quantitative estimate of drug-likeness (QED) is 0.578. The molecule has 4 rings (SSSR count). The number of hydrogen-bond acceptors (Lipinski definition) is 7. The summed E-state index contributed by atoms with van der Waals surface area (Å²) in [6, 6.07) is 9.30. The average Bonchev–Trinajstić information content (AvgIpc) is 3.07. The Hall–Kier alpha value is -2.10. The first-order valence-electron chi connectivity index (χ1n) is 6.82. The zero-order chi connectivity index (χ0) is 16.9. The van der Waals surface area contributed by atoms with Crippen molar-refractivity contribution >= 4 is 63.2 Å². The summed E-state index contributed by atoms with van der Waals surface area (Å²) >= 11 is 2.74. The van der Waals surface area contributed by atoms with Gasteiger partial charge in [0.2, 0.25) is 0 Å². The molecule has 24 heavy (non-hydrogen) atoms. The summed E-state index contributed by atoms with van der Waals surface area (Å²) in [5, 5.41) is 4.32. The Morgan fingerprint density at radius 1 is 0.958 bits per heavy atom. The van der Waals surface area contributed by atoms with Crippen LogP contribution >= 0.6 is 22.7 Å². The fraction of sp³-hybridized carbons (Fsp3) is 0.0667. The molecule has 0 aliphatic carbocycles. The third kappa shape index (κ3) is 2.85. The van der Waals surface area contributed by atoms with E-state index >= 15 is 0 Å². The summed E-state index contributed by atoms with van der Waals surface area (Å²) in [5.41, 5.74) is 1.30. The number of fused-ring (bicyclic) bond motifs is 2. The van der Waals surface area contributed by atoms with E-state index in [1.165, 1.54) is 41.1 Å². The SMILES string of the molecule is CS(=O)(=O)c1ccc2nc(Nc3nc4cc(F)ccc4s3)sc2c1. The van der Waals surface area contributed by atoms with Crippen LogP contribution in [0.15, 0.2) is 41.3 Å². The number of hydrogen-bond donors (Lipinski definition) is 1. The molecule has 0 aliphatic rings. The second-order valence-electron chi connectivity index (χ2n) is 5.18. The van der Waals surface area contributed by atoms with E-state index in [0.717, 1.165) is 9.40 Å². The largest absolute Gasteiger partial charge is 0.307 e. The molecule has 0 aliphatic heterocycles. The molecule has 0 spiro atoms. The molecule has 0 amide bonds. The van der Waals surface area contributed by atoms with Gasteiger partial charge in [0.25, 0.3) is 0 Å². The number of nitrogens with zero attached hydrogens (tertiary/aromatic N) is 2. The second-order valence-corrected chi connectivity index (χ2v) is 9.25. The van der Waals surface area contributed by atoms with Gasteiger partial charge in [-0.05, 0) is 30.3 Å². The molecule has 0 bridgehead atoms. The number of benzene rings is 2. The summed E-state index contributed by atoms with van der Waals surface area (Å²) in [7, 11) is -3.25. The van der Waals surface area contributed by atoms with Gasteiger partial charge in [0.05, 0.1) is 25.3 Å². The lowest BCUT2D eigenvalue weighted by Crippen LogP contribution is -1.95. The van der Waals surface area contributed by atoms with E-state index < -0.39 is 9.84 Å². The molecule has 0 unspecified atom stereocenters. The van der Waals surface area contributed by atoms with Gasteiger partial charge in [-0.3, -0.25) is 0 Å². The van der Waals surface area contributed by atoms with Crippen LogP contribution in [0.5, 0.6) is 0 Å². The predicted octanol–water partition coefficient (Wildman–Crippen LogP) is 4.19. The van der Waals surface area contributed by atoms with Crippen molar-refractivity contribution in [1.82, 2.24) is 9.97 Å². The van der Waals surface area contributed by atoms with Gasteiger partial charge in [0, 0.05) is 12.3 Å². The number of anilines is 2. The highest BCUT2D eigenvalue weighted by atomic mass is 32.2. The maximum Gasteiger partial charge on any atom is 0.190 e. The lowest BCUT2D eigenvalue weighted by Gasteiger charge is -1.96. The molecule has 122 valence electrons. The van der Waals surface area contributed by atoms with E-state index in [0.29, 0.717) is 21.3 Å². The lowest BCUT2D eigenvalue weighted by atomic mass is 10.3. The minimum absolute atomic E-state index is 0.265. The fourth-order valence-corrected chi connectivity index (χ4v) is 4.77. The van der Waals surface area contributed by atoms with Gasteiger partial charge >= 0.3 is 0 Å². The topological polar surface area (TPSA) is 72.0 Å². The van der Waals surface area contributed by atoms with Crippen LogP contribution in [0.25, 0.3) is 20.4 Å². The predicted molar refractivity (Wildman–Crippen MR) is 95.6 cm³/mol. The van der Waals surface area contributed by atoms with Gasteiger partial charge in [0.15, 0.2) is 20.1 Å². The number of rotatable bonds is 3. The molecule has 5 nitrogen and oxygen atoms in total. The molecule has 0 fully saturated rings. The molecule has 2 heterocycles. The Morgan fingerprint density at radius 2 is 1.67 bits per heavy atom. The van der Waals surface area contributed by atoms with Crippen molar-refractivity contribution < 1.29 is 12.8 Å². The molecule has 9 heteroatoms. The third-order valence-electron chi connectivity index (χ3n) is 3.35. The molecule has 0 saturated heterocycles. The van der Waals surface area contributed by atoms with Crippen molar-refractivity contribution in [3.63, 3.8) is 0 Å². The van der Waals surface area contributed by atoms with E-state index in [1.54, 1.807) is 24.3 Å². The summed E-state index contributed by atoms with van der Waals surface area (Å²) < 4.78 is 38.1. The number of sulfone groups is 1. The van der Waals surface area contributed by atoms with Gasteiger partial charge in [-0.1, -0.05) is 22.7 Å². The highest BCUT2D eigenvalue weighted by Gasteiger charge is 2.12. The molecule has 0 radical (unpaired) electrons. The molecule has 2 aromatic carbocycles. The van der Waals surface area contributed by atoms with Crippen molar-refractivity contribution in [2.75, 3.05) is 11.6 Å². The van der Waals surface area contributed by atoms with Crippen LogP contribution in [0.3, 0.4) is 0 Å². The Bertz CT molecular complexity index is 1180. The molecule has 0 atom stereocenters. The molecular formula is C15H10FN3O2S3. The van der Waals surface area contributed by atoms with E-state index in [1.807, 2.05) is 0 Å². The zero-order valence-corrected chi connectivity index (χ0v) is 14.7. The van der Waals surface area contributed by atoms with Crippen LogP contribution in [0.2, 0.25) is 0 Å². The van der Waals surface area contributed by atoms with Gasteiger partial charge in [0.1, 0.15) is 5.82 Å². The van der Waals surface area contributed by atoms with Gasteiger partial charge in [-0.15, -0.1) is 0 Å². The Labute approximate surface area is 144 Å². The van der Waals surface area contributed by atoms with Crippen LogP contribution in [0, 0.1) is 5.82 Å². The molecular weight excluding hydrogens is 369 g/mol. The van der Waals surface area contributed by atoms with E-state index in [9.17, 15) is 12.8 Å². The minimum atomic E-state index is -3.25. The first-order chi connectivity index (χ1) is 11.4. The first kappa shape index (κ1) is 15.4. The average molecular weight is 379 g/mol. The maximum absolute atomic E-state index is 13.2. The number of thiazole rings is 2. The van der Waals surface area contributed by atoms with E-state index in [2.05, 4.69) is 15.3 Å². The Morgan fingerprint density at radius 3 is 2.42 bits per heavy atom. The van der Waals surface area contributed by atoms with Gasteiger partial charge < -0.3 is 5.32 Å². The highest BCUT2D eigenvalue weighted by Crippen LogP contribution is 2.33. The molecule has 2 aromatic heterocycles. The number of halogens is 1. The van der Waals surface area contributed by atoms with Crippen molar-refractivity contribution in [3.8, 4) is 0 Å². The normalized spacial score (nSPS) is 12.1. The van der Waals surface area contributed by atoms with Crippen molar-refractivity contribution in [3.05, 3.63) is 42.2 Å². The smallest absolute Gasteiger partial charge is 0.190 e. The number of aromatic nitrogens is 2. The summed E-state index contributed by atoms with van der Waals surface area (Å²) in [6.07, 6.45) is 1.18. The van der Waals surface area contributed by atoms with Crippen molar-refractivity contribution in [2.24, 2.45) is 0 Å². The maximum atomic E-state index is 13.2. The minimum Gasteiger partial charge on any atom is -0.307 e. The van der Waals surface area contributed by atoms with Crippen LogP contribution in [0.1, 0.15) is 0 Å². The van der Waals surface area contributed by atoms with Gasteiger partial charge in [-0.25, -0.2) is 22.8 Å². The monoisotopic (exact) mass is 379 g/mol. The van der Waals surface area contributed by atoms with Crippen molar-refractivity contribution in [2.45, 2.75) is 4.90 Å². The highest BCUT2D eigenvalue weighted by molar-refractivity contribution is 7.90. The summed E-state index contributed by atoms with van der Waals surface area (Å²) in [6.45, 7) is 0. The van der Waals surface area contributed by atoms with E-state index in [4.69, 9.17) is 0 Å². The summed E-state index contributed by atoms with van der Waals surface area (Å²) in [5.74, 6) is -0.326. The number of nitrogens with one attached hydrogen (secondary N) is 1. The van der Waals surface area contributed by atoms with Crippen LogP contribution < -0.4 is 5.32 Å². The standard InChI is InChI=1S/C15H10FN3O2S3/c1-24(20,21)9-3-4-10-13(7-9)23-14(17-10)19-15-18-11-6-8(16)2-5-12(11)22-15/h2-7H,1H3,(H,17,18,19). The first-order valence-corrected chi connectivity index (χ1v) is 10.3. The second kappa shape index (κ2) is 5.47. The lowest BCUT2D eigenvalue weighted by molar-refractivity contribution is 0.602. The third-order valence-corrected chi connectivity index (χ3v) is 6.35.